The van der Waals surface area contributed by atoms with Gasteiger partial charge in [0.1, 0.15) is 13.2 Å². The van der Waals surface area contributed by atoms with Gasteiger partial charge in [0.15, 0.2) is 6.10 Å². The first-order valence-electron chi connectivity index (χ1n) is 24.5. The Morgan fingerprint density at radius 2 is 0.934 bits per heavy atom. The second-order valence-electron chi connectivity index (χ2n) is 17.4. The molecule has 0 rings (SSSR count). The van der Waals surface area contributed by atoms with Crippen molar-refractivity contribution in [3.8, 4) is 0 Å². The van der Waals surface area contributed by atoms with Crippen LogP contribution in [0.5, 0.6) is 0 Å². The highest BCUT2D eigenvalue weighted by atomic mass is 16.7. The van der Waals surface area contributed by atoms with E-state index in [2.05, 4.69) is 74.6 Å². The number of unbranched alkanes of at least 4 members (excludes halogenated alkanes) is 19. The lowest BCUT2D eigenvalue weighted by atomic mass is 10.0. The molecule has 0 aromatic carbocycles. The van der Waals surface area contributed by atoms with Crippen LogP contribution in [0.25, 0.3) is 0 Å². The van der Waals surface area contributed by atoms with Crippen LogP contribution in [0.15, 0.2) is 60.8 Å². The first-order valence-corrected chi connectivity index (χ1v) is 24.5. The van der Waals surface area contributed by atoms with Crippen molar-refractivity contribution in [3.05, 3.63) is 60.8 Å². The molecule has 2 atom stereocenters. The van der Waals surface area contributed by atoms with Crippen molar-refractivity contribution in [1.29, 1.82) is 0 Å². The number of rotatable bonds is 44. The molecule has 0 saturated heterocycles. The van der Waals surface area contributed by atoms with Crippen LogP contribution in [0, 0.1) is 0 Å². The number of carbonyl (C=O) groups is 3. The lowest BCUT2D eigenvalue weighted by Crippen LogP contribution is -2.40. The third-order valence-electron chi connectivity index (χ3n) is 10.3. The average molecular weight is 859 g/mol. The minimum absolute atomic E-state index is 0.182. The summed E-state index contributed by atoms with van der Waals surface area (Å²) in [6, 6.07) is 0. The Hall–Kier alpha value is -3.01. The highest BCUT2D eigenvalue weighted by molar-refractivity contribution is 5.71. The van der Waals surface area contributed by atoms with E-state index < -0.39 is 24.3 Å². The fraction of sp³-hybridized carbons (Fsp3) is 0.750. The van der Waals surface area contributed by atoms with Crippen molar-refractivity contribution >= 4 is 17.9 Å². The Kier molecular flexibility index (Phi) is 41.5. The van der Waals surface area contributed by atoms with Crippen LogP contribution >= 0.6 is 0 Å². The first-order chi connectivity index (χ1) is 29.6. The molecule has 1 N–H and O–H groups in total. The fourth-order valence-electron chi connectivity index (χ4n) is 6.51. The number of hydrogen-bond acceptors (Lipinski definition) is 7. The summed E-state index contributed by atoms with van der Waals surface area (Å²) in [6.45, 7) is 4.74. The third kappa shape index (κ3) is 44.8. The molecule has 2 unspecified atom stereocenters. The van der Waals surface area contributed by atoms with E-state index >= 15 is 0 Å². The fourth-order valence-corrected chi connectivity index (χ4v) is 6.51. The molecule has 0 spiro atoms. The van der Waals surface area contributed by atoms with E-state index in [1.54, 1.807) is 0 Å². The second kappa shape index (κ2) is 43.6. The van der Waals surface area contributed by atoms with Crippen molar-refractivity contribution in [2.45, 2.75) is 206 Å². The van der Waals surface area contributed by atoms with Crippen LogP contribution in [0.3, 0.4) is 0 Å². The van der Waals surface area contributed by atoms with Crippen LogP contribution in [0.1, 0.15) is 194 Å². The third-order valence-corrected chi connectivity index (χ3v) is 10.3. The number of carboxylic acids is 1. The van der Waals surface area contributed by atoms with Gasteiger partial charge in [-0.1, -0.05) is 184 Å². The van der Waals surface area contributed by atoms with E-state index in [1.807, 2.05) is 21.1 Å². The normalized spacial score (nSPS) is 13.4. The molecule has 0 aliphatic rings. The molecule has 0 saturated carbocycles. The number of aliphatic carboxylic acids is 1. The summed E-state index contributed by atoms with van der Waals surface area (Å²) >= 11 is 0. The van der Waals surface area contributed by atoms with Gasteiger partial charge in [-0.25, -0.2) is 4.79 Å². The van der Waals surface area contributed by atoms with Gasteiger partial charge in [0.05, 0.1) is 34.4 Å². The Morgan fingerprint density at radius 1 is 0.508 bits per heavy atom. The summed E-state index contributed by atoms with van der Waals surface area (Å²) in [4.78, 5) is 37.2. The average Bonchev–Trinajstić information content (AvgIpc) is 3.22. The van der Waals surface area contributed by atoms with Crippen LogP contribution in [0.2, 0.25) is 0 Å². The SMILES string of the molecule is CC/C=C\C/C=C\C/C=C\C/C=C\C/C=C\CCCCCCCC(=O)OC(COC(=O)CCCCCCCCCCCCCCCCC)COC(OCC[N+](C)(C)C)C(=O)O. The molecular weight excluding hydrogens is 767 g/mol. The molecule has 0 fully saturated rings. The number of hydrogen-bond donors (Lipinski definition) is 1. The van der Waals surface area contributed by atoms with Gasteiger partial charge < -0.3 is 28.5 Å². The van der Waals surface area contributed by atoms with Crippen molar-refractivity contribution in [2.75, 3.05) is 47.5 Å². The number of carboxylic acid groups (broad SMARTS) is 1. The molecular formula is C52H92NO8+. The molecule has 0 radical (unpaired) electrons. The molecule has 0 amide bonds. The van der Waals surface area contributed by atoms with Gasteiger partial charge in [-0.15, -0.1) is 0 Å². The Bertz CT molecular complexity index is 1180. The largest absolute Gasteiger partial charge is 0.477 e. The maximum Gasteiger partial charge on any atom is 0.361 e. The van der Waals surface area contributed by atoms with E-state index in [1.165, 1.54) is 77.0 Å². The van der Waals surface area contributed by atoms with Crippen molar-refractivity contribution < 1.29 is 42.9 Å². The Morgan fingerprint density at radius 3 is 1.39 bits per heavy atom. The van der Waals surface area contributed by atoms with Crippen molar-refractivity contribution in [1.82, 2.24) is 0 Å². The molecule has 0 aromatic heterocycles. The monoisotopic (exact) mass is 859 g/mol. The number of carbonyl (C=O) groups excluding carboxylic acids is 2. The molecule has 0 bridgehead atoms. The van der Waals surface area contributed by atoms with Gasteiger partial charge >= 0.3 is 17.9 Å². The maximum absolute atomic E-state index is 12.8. The number of likely N-dealkylation sites (N-methyl/N-ethyl adjacent to an activating group) is 1. The number of quaternary nitrogens is 1. The standard InChI is InChI=1S/C52H91NO8/c1-6-8-10-12-14-16-18-20-22-23-24-25-26-27-29-31-33-35-37-39-41-43-50(55)61-48(47-60-52(51(56)57)58-45-44-53(3,4)5)46-59-49(54)42-40-38-36-34-32-30-28-21-19-17-15-13-11-9-7-2/h8,10,14,16,20,22,24-25,27,29,48,52H,6-7,9,11-13,15,17-19,21,23,26,28,30-47H2,1-5H3/p+1/b10-8-,16-14-,22-20-,25-24-,29-27-. The van der Waals surface area contributed by atoms with Crippen LogP contribution in [-0.2, 0) is 33.3 Å². The lowest BCUT2D eigenvalue weighted by molar-refractivity contribution is -0.870. The van der Waals surface area contributed by atoms with E-state index in [0.717, 1.165) is 83.5 Å². The van der Waals surface area contributed by atoms with Crippen molar-refractivity contribution in [2.24, 2.45) is 0 Å². The van der Waals surface area contributed by atoms with Crippen molar-refractivity contribution in [3.63, 3.8) is 0 Å². The summed E-state index contributed by atoms with van der Waals surface area (Å²) in [6.07, 6.45) is 49.9. The molecule has 0 aromatic rings. The molecule has 61 heavy (non-hydrogen) atoms. The van der Waals surface area contributed by atoms with Gasteiger partial charge in [-0.2, -0.15) is 0 Å². The topological polar surface area (TPSA) is 108 Å². The predicted molar refractivity (Wildman–Crippen MR) is 253 cm³/mol. The zero-order valence-corrected chi connectivity index (χ0v) is 39.8. The van der Waals surface area contributed by atoms with E-state index in [0.29, 0.717) is 23.9 Å². The summed E-state index contributed by atoms with van der Waals surface area (Å²) in [5, 5.41) is 9.66. The Balaban J connectivity index is 4.42. The van der Waals surface area contributed by atoms with Crippen LogP contribution < -0.4 is 0 Å². The highest BCUT2D eigenvalue weighted by Gasteiger charge is 2.25. The van der Waals surface area contributed by atoms with Gasteiger partial charge in [0, 0.05) is 12.8 Å². The van der Waals surface area contributed by atoms with Crippen LogP contribution in [-0.4, -0.2) is 87.4 Å². The number of allylic oxidation sites excluding steroid dienone is 10. The van der Waals surface area contributed by atoms with E-state index in [9.17, 15) is 19.5 Å². The number of esters is 2. The van der Waals surface area contributed by atoms with Crippen LogP contribution in [0.4, 0.5) is 0 Å². The maximum atomic E-state index is 12.8. The predicted octanol–water partition coefficient (Wildman–Crippen LogP) is 13.3. The molecule has 352 valence electrons. The zero-order valence-electron chi connectivity index (χ0n) is 39.8. The van der Waals surface area contributed by atoms with Gasteiger partial charge in [0.25, 0.3) is 6.29 Å². The summed E-state index contributed by atoms with van der Waals surface area (Å²) in [7, 11) is 5.95. The van der Waals surface area contributed by atoms with Gasteiger partial charge in [-0.3, -0.25) is 9.59 Å². The minimum Gasteiger partial charge on any atom is -0.477 e. The number of ether oxygens (including phenoxy) is 4. The molecule has 9 heteroatoms. The second-order valence-corrected chi connectivity index (χ2v) is 17.4. The van der Waals surface area contributed by atoms with Gasteiger partial charge in [-0.05, 0) is 57.8 Å². The summed E-state index contributed by atoms with van der Waals surface area (Å²) in [5.74, 6) is -2.03. The lowest BCUT2D eigenvalue weighted by Gasteiger charge is -2.25. The van der Waals surface area contributed by atoms with Gasteiger partial charge in [0.2, 0.25) is 0 Å². The zero-order chi connectivity index (χ0) is 44.9. The van der Waals surface area contributed by atoms with E-state index in [-0.39, 0.29) is 32.2 Å². The smallest absolute Gasteiger partial charge is 0.361 e. The number of nitrogens with zero attached hydrogens (tertiary/aromatic N) is 1. The minimum atomic E-state index is -1.52. The quantitative estimate of drug-likeness (QED) is 0.0212. The summed E-state index contributed by atoms with van der Waals surface area (Å²) < 4.78 is 22.8. The molecule has 0 aliphatic heterocycles. The van der Waals surface area contributed by atoms with E-state index in [4.69, 9.17) is 18.9 Å². The molecule has 0 aliphatic carbocycles. The molecule has 0 heterocycles. The summed E-state index contributed by atoms with van der Waals surface area (Å²) in [5.41, 5.74) is 0. The first kappa shape index (κ1) is 58.0. The highest BCUT2D eigenvalue weighted by Crippen LogP contribution is 2.15. The Labute approximate surface area is 374 Å². The molecule has 9 nitrogen and oxygen atoms in total.